The number of hydrogen-bond donors (Lipinski definition) is 1. The zero-order valence-corrected chi connectivity index (χ0v) is 21.8. The van der Waals surface area contributed by atoms with Crippen molar-refractivity contribution < 1.29 is 32.9 Å². The summed E-state index contributed by atoms with van der Waals surface area (Å²) < 4.78 is 43.0. The predicted molar refractivity (Wildman–Crippen MR) is 139 cm³/mol. The molecule has 1 N–H and O–H groups in total. The highest BCUT2D eigenvalue weighted by Crippen LogP contribution is 2.46. The van der Waals surface area contributed by atoms with E-state index in [1.165, 1.54) is 24.4 Å². The Kier molecular flexibility index (Phi) is 7.87. The summed E-state index contributed by atoms with van der Waals surface area (Å²) in [5.41, 5.74) is 2.70. The van der Waals surface area contributed by atoms with Gasteiger partial charge in [-0.2, -0.15) is 8.78 Å². The van der Waals surface area contributed by atoms with Gasteiger partial charge in [0.2, 0.25) is 0 Å². The predicted octanol–water partition coefficient (Wildman–Crippen LogP) is 6.04. The molecule has 2 aromatic carbocycles. The van der Waals surface area contributed by atoms with Crippen LogP contribution in [-0.2, 0) is 11.2 Å². The average Bonchev–Trinajstić information content (AvgIpc) is 2.84. The van der Waals surface area contributed by atoms with Crippen molar-refractivity contribution in [3.8, 4) is 33.9 Å². The van der Waals surface area contributed by atoms with E-state index < -0.39 is 18.0 Å². The zero-order chi connectivity index (χ0) is 27.6. The van der Waals surface area contributed by atoms with E-state index in [-0.39, 0.29) is 22.8 Å². The van der Waals surface area contributed by atoms with Crippen molar-refractivity contribution in [1.82, 2.24) is 4.57 Å². The van der Waals surface area contributed by atoms with Gasteiger partial charge in [0.25, 0.3) is 0 Å². The van der Waals surface area contributed by atoms with Gasteiger partial charge in [-0.15, -0.1) is 0 Å². The third-order valence-electron chi connectivity index (χ3n) is 6.68. The number of nitrogens with zero attached hydrogens (tertiary/aromatic N) is 1. The Labute approximate surface area is 219 Å². The molecule has 1 unspecified atom stereocenters. The molecule has 7 nitrogen and oxygen atoms in total. The molecule has 0 bridgehead atoms. The fourth-order valence-corrected chi connectivity index (χ4v) is 4.79. The number of halogens is 2. The summed E-state index contributed by atoms with van der Waals surface area (Å²) in [4.78, 5) is 24.5. The lowest BCUT2D eigenvalue weighted by atomic mass is 9.78. The highest BCUT2D eigenvalue weighted by atomic mass is 19.3. The van der Waals surface area contributed by atoms with Gasteiger partial charge in [0.15, 0.2) is 5.43 Å². The number of ether oxygens (including phenoxy) is 3. The summed E-state index contributed by atoms with van der Waals surface area (Å²) in [5.74, 6) is -0.612. The molecular formula is C29H31F2NO6. The first kappa shape index (κ1) is 27.3. The van der Waals surface area contributed by atoms with Crippen molar-refractivity contribution in [2.24, 2.45) is 5.41 Å². The van der Waals surface area contributed by atoms with Crippen molar-refractivity contribution in [3.05, 3.63) is 70.0 Å². The maximum Gasteiger partial charge on any atom is 0.387 e. The lowest BCUT2D eigenvalue weighted by Gasteiger charge is -2.39. The highest BCUT2D eigenvalue weighted by Gasteiger charge is 2.34. The number of methoxy groups -OCH3 is 1. The summed E-state index contributed by atoms with van der Waals surface area (Å²) in [6.07, 6.45) is 2.71. The van der Waals surface area contributed by atoms with Gasteiger partial charge in [-0.25, -0.2) is 4.79 Å². The van der Waals surface area contributed by atoms with E-state index >= 15 is 0 Å². The number of aromatic carboxylic acids is 1. The molecule has 1 aliphatic heterocycles. The normalized spacial score (nSPS) is 14.7. The first-order valence-electron chi connectivity index (χ1n) is 12.3. The fourth-order valence-electron chi connectivity index (χ4n) is 4.79. The monoisotopic (exact) mass is 527 g/mol. The van der Waals surface area contributed by atoms with Crippen LogP contribution in [0.1, 0.15) is 49.2 Å². The minimum absolute atomic E-state index is 0.0374. The average molecular weight is 528 g/mol. The molecule has 1 aliphatic rings. The number of rotatable bonds is 9. The largest absolute Gasteiger partial charge is 0.493 e. The van der Waals surface area contributed by atoms with Crippen molar-refractivity contribution in [2.75, 3.05) is 20.3 Å². The molecule has 0 fully saturated rings. The maximum absolute atomic E-state index is 12.7. The van der Waals surface area contributed by atoms with Gasteiger partial charge in [0.1, 0.15) is 17.1 Å². The number of hydrogen-bond acceptors (Lipinski definition) is 5. The van der Waals surface area contributed by atoms with Gasteiger partial charge >= 0.3 is 12.6 Å². The number of carbonyl (C=O) groups is 1. The standard InChI is InChI=1S/C29H31F2NO6/c1-29(2,3)26-13-18-12-25(37-11-5-10-36-4)21(17-6-8-19(9-7-17)38-28(30)31)14-20(18)23-15-24(33)22(27(34)35)16-32(23)26/h6-9,12,14-16,26,28H,5,10-11,13H2,1-4H3,(H,34,35). The highest BCUT2D eigenvalue weighted by molar-refractivity contribution is 5.88. The Morgan fingerprint density at radius 2 is 1.82 bits per heavy atom. The molecule has 202 valence electrons. The van der Waals surface area contributed by atoms with Gasteiger partial charge in [0.05, 0.1) is 12.3 Å². The van der Waals surface area contributed by atoms with E-state index in [0.29, 0.717) is 48.6 Å². The second kappa shape index (κ2) is 10.9. The Hall–Kier alpha value is -3.72. The van der Waals surface area contributed by atoms with E-state index in [9.17, 15) is 23.5 Å². The van der Waals surface area contributed by atoms with Crippen LogP contribution in [0, 0.1) is 5.41 Å². The molecule has 0 aliphatic carbocycles. The topological polar surface area (TPSA) is 87.0 Å². The summed E-state index contributed by atoms with van der Waals surface area (Å²) in [7, 11) is 1.62. The molecular weight excluding hydrogens is 496 g/mol. The van der Waals surface area contributed by atoms with Gasteiger partial charge in [-0.1, -0.05) is 32.9 Å². The van der Waals surface area contributed by atoms with E-state index in [0.717, 1.165) is 11.1 Å². The van der Waals surface area contributed by atoms with Crippen molar-refractivity contribution in [3.63, 3.8) is 0 Å². The van der Waals surface area contributed by atoms with Crippen LogP contribution in [0.2, 0.25) is 0 Å². The van der Waals surface area contributed by atoms with Crippen molar-refractivity contribution in [2.45, 2.75) is 46.3 Å². The van der Waals surface area contributed by atoms with E-state index in [4.69, 9.17) is 9.47 Å². The first-order chi connectivity index (χ1) is 18.0. The van der Waals surface area contributed by atoms with Crippen LogP contribution < -0.4 is 14.9 Å². The molecule has 0 amide bonds. The van der Waals surface area contributed by atoms with Crippen LogP contribution >= 0.6 is 0 Å². The van der Waals surface area contributed by atoms with Crippen LogP contribution in [0.15, 0.2) is 53.5 Å². The third-order valence-corrected chi connectivity index (χ3v) is 6.68. The molecule has 0 saturated heterocycles. The first-order valence-corrected chi connectivity index (χ1v) is 12.3. The van der Waals surface area contributed by atoms with Gasteiger partial charge in [0, 0.05) is 49.6 Å². The molecule has 2 heterocycles. The number of pyridine rings is 1. The quantitative estimate of drug-likeness (QED) is 0.342. The minimum atomic E-state index is -2.93. The summed E-state index contributed by atoms with van der Waals surface area (Å²) in [6, 6.07) is 11.4. The number of alkyl halides is 2. The molecule has 0 spiro atoms. The van der Waals surface area contributed by atoms with Gasteiger partial charge < -0.3 is 23.9 Å². The molecule has 4 rings (SSSR count). The van der Waals surface area contributed by atoms with Crippen LogP contribution in [0.25, 0.3) is 22.4 Å². The molecule has 38 heavy (non-hydrogen) atoms. The lowest BCUT2D eigenvalue weighted by Crippen LogP contribution is -2.32. The molecule has 9 heteroatoms. The minimum Gasteiger partial charge on any atom is -0.493 e. The maximum atomic E-state index is 12.7. The van der Waals surface area contributed by atoms with Gasteiger partial charge in [-0.3, -0.25) is 4.79 Å². The van der Waals surface area contributed by atoms with Crippen LogP contribution in [0.4, 0.5) is 8.78 Å². The summed E-state index contributed by atoms with van der Waals surface area (Å²) in [5, 5.41) is 9.58. The zero-order valence-electron chi connectivity index (χ0n) is 21.8. The Balaban J connectivity index is 1.88. The molecule has 0 radical (unpaired) electrons. The van der Waals surface area contributed by atoms with E-state index in [2.05, 4.69) is 25.5 Å². The third kappa shape index (κ3) is 5.72. The van der Waals surface area contributed by atoms with Crippen molar-refractivity contribution in [1.29, 1.82) is 0 Å². The van der Waals surface area contributed by atoms with E-state index in [1.807, 2.05) is 16.7 Å². The summed E-state index contributed by atoms with van der Waals surface area (Å²) >= 11 is 0. The Bertz CT molecular complexity index is 1380. The fraction of sp³-hybridized carbons (Fsp3) is 0.379. The van der Waals surface area contributed by atoms with E-state index in [1.54, 1.807) is 19.2 Å². The Morgan fingerprint density at radius 1 is 1.11 bits per heavy atom. The number of aromatic nitrogens is 1. The van der Waals surface area contributed by atoms with Crippen LogP contribution in [0.3, 0.4) is 0 Å². The van der Waals surface area contributed by atoms with Crippen LogP contribution in [-0.4, -0.2) is 42.6 Å². The number of benzene rings is 2. The van der Waals surface area contributed by atoms with Gasteiger partial charge in [-0.05, 0) is 47.2 Å². The smallest absolute Gasteiger partial charge is 0.387 e. The Morgan fingerprint density at radius 3 is 2.42 bits per heavy atom. The second-order valence-corrected chi connectivity index (χ2v) is 10.3. The summed E-state index contributed by atoms with van der Waals surface area (Å²) in [6.45, 7) is 4.24. The second-order valence-electron chi connectivity index (χ2n) is 10.3. The SMILES string of the molecule is COCCCOc1cc2c(cc1-c1ccc(OC(F)F)cc1)-c1cc(=O)c(C(=O)O)cn1C(C(C)(C)C)C2. The number of fused-ring (bicyclic) bond motifs is 3. The molecule has 1 atom stereocenters. The molecule has 0 saturated carbocycles. The molecule has 1 aromatic heterocycles. The van der Waals surface area contributed by atoms with Crippen LogP contribution in [0.5, 0.6) is 11.5 Å². The lowest BCUT2D eigenvalue weighted by molar-refractivity contribution is -0.0498. The number of carboxylic acid groups (broad SMARTS) is 1. The molecule has 3 aromatic rings. The number of carboxylic acids is 1. The van der Waals surface area contributed by atoms with Crippen molar-refractivity contribution >= 4 is 5.97 Å².